The van der Waals surface area contributed by atoms with E-state index in [1.165, 1.54) is 11.0 Å². The molecule has 1 amide bonds. The van der Waals surface area contributed by atoms with E-state index in [2.05, 4.69) is 35.6 Å². The Morgan fingerprint density at radius 2 is 1.92 bits per heavy atom. The van der Waals surface area contributed by atoms with Crippen LogP contribution >= 0.6 is 27.7 Å². The van der Waals surface area contributed by atoms with E-state index < -0.39 is 47.3 Å². The summed E-state index contributed by atoms with van der Waals surface area (Å²) in [6, 6.07) is 5.45. The van der Waals surface area contributed by atoms with Gasteiger partial charge in [0, 0.05) is 30.1 Å². The fourth-order valence-corrected chi connectivity index (χ4v) is 7.16. The summed E-state index contributed by atoms with van der Waals surface area (Å²) in [4.78, 5) is 32.0. The van der Waals surface area contributed by atoms with Gasteiger partial charge in [-0.25, -0.2) is 19.1 Å². The third-order valence-electron chi connectivity index (χ3n) is 6.89. The minimum absolute atomic E-state index is 0.144. The number of carbonyl (C=O) groups is 2. The number of amidine groups is 1. The Kier molecular flexibility index (Phi) is 7.85. The number of amides is 1. The molecule has 7 nitrogen and oxygen atoms in total. The Bertz CT molecular complexity index is 1090. The number of benzene rings is 1. The highest BCUT2D eigenvalue weighted by Crippen LogP contribution is 2.75. The van der Waals surface area contributed by atoms with Crippen molar-refractivity contribution in [3.05, 3.63) is 34.1 Å². The van der Waals surface area contributed by atoms with Crippen LogP contribution in [-0.2, 0) is 19.8 Å². The van der Waals surface area contributed by atoms with E-state index in [9.17, 15) is 14.7 Å². The Hall–Kier alpha value is -1.43. The van der Waals surface area contributed by atoms with Gasteiger partial charge in [-0.15, -0.1) is 0 Å². The monoisotopic (exact) mass is 602 g/mol. The normalized spacial score (nSPS) is 27.7. The maximum absolute atomic E-state index is 15.2. The van der Waals surface area contributed by atoms with Gasteiger partial charge in [-0.2, -0.15) is 0 Å². The lowest BCUT2D eigenvalue weighted by Gasteiger charge is -2.41. The molecule has 3 atom stereocenters. The maximum atomic E-state index is 15.2. The number of rotatable bonds is 7. The molecule has 1 fully saturated rings. The molecular formula is C25H36BrFN2O5SSi. The Balaban J connectivity index is 2.08. The van der Waals surface area contributed by atoms with E-state index in [1.54, 1.807) is 39.8 Å². The van der Waals surface area contributed by atoms with Crippen molar-refractivity contribution in [3.8, 4) is 0 Å². The number of nitrogens with zero attached hydrogens (tertiary/aromatic N) is 2. The second-order valence-corrected chi connectivity index (χ2v) is 19.9. The van der Waals surface area contributed by atoms with Crippen LogP contribution in [0.4, 0.5) is 9.18 Å². The average molecular weight is 604 g/mol. The molecule has 0 radical (unpaired) electrons. The number of fused-ring (bicyclic) bond motifs is 1. The van der Waals surface area contributed by atoms with Crippen LogP contribution in [-0.4, -0.2) is 59.0 Å². The summed E-state index contributed by atoms with van der Waals surface area (Å²) in [6.07, 6.45) is -0.419. The zero-order valence-electron chi connectivity index (χ0n) is 22.2. The number of ether oxygens (including phenoxy) is 2. The van der Waals surface area contributed by atoms with E-state index in [-0.39, 0.29) is 23.9 Å². The largest absolute Gasteiger partial charge is 0.480 e. The minimum Gasteiger partial charge on any atom is -0.480 e. The van der Waals surface area contributed by atoms with Crippen molar-refractivity contribution in [2.75, 3.05) is 13.3 Å². The van der Waals surface area contributed by atoms with E-state index in [4.69, 9.17) is 14.5 Å². The molecule has 0 aromatic heterocycles. The molecule has 1 aromatic rings. The summed E-state index contributed by atoms with van der Waals surface area (Å²) in [6.45, 7) is 15.8. The Morgan fingerprint density at radius 3 is 2.47 bits per heavy atom. The SMILES string of the molecule is CC(C)(C)OC(=O)N(COCC[Si](C)(C)C)C1=N[C@@](C)(c2cc(Br)ccc2F)[C@]2(C)C[C@]2(C(=O)O)S1. The van der Waals surface area contributed by atoms with Gasteiger partial charge in [0.2, 0.25) is 0 Å². The molecule has 1 aliphatic carbocycles. The highest BCUT2D eigenvalue weighted by Gasteiger charge is 2.80. The zero-order chi connectivity index (χ0) is 27.3. The van der Waals surface area contributed by atoms with Gasteiger partial charge >= 0.3 is 12.1 Å². The van der Waals surface area contributed by atoms with Crippen molar-refractivity contribution in [2.24, 2.45) is 10.4 Å². The molecule has 2 aliphatic rings. The van der Waals surface area contributed by atoms with E-state index >= 15 is 4.39 Å². The predicted octanol–water partition coefficient (Wildman–Crippen LogP) is 6.69. The number of aliphatic imine (C=N–C) groups is 1. The zero-order valence-corrected chi connectivity index (χ0v) is 25.6. The Morgan fingerprint density at radius 1 is 1.28 bits per heavy atom. The second-order valence-electron chi connectivity index (χ2n) is 12.1. The molecule has 200 valence electrons. The van der Waals surface area contributed by atoms with Crippen molar-refractivity contribution in [3.63, 3.8) is 0 Å². The summed E-state index contributed by atoms with van der Waals surface area (Å²) in [5.41, 5.74) is -2.64. The van der Waals surface area contributed by atoms with Crippen LogP contribution in [0.1, 0.15) is 46.6 Å². The summed E-state index contributed by atoms with van der Waals surface area (Å²) in [7, 11) is -1.37. The summed E-state index contributed by atoms with van der Waals surface area (Å²) in [5.74, 6) is -1.51. The molecule has 36 heavy (non-hydrogen) atoms. The number of carbonyl (C=O) groups excluding carboxylic acids is 1. The molecular weight excluding hydrogens is 567 g/mol. The average Bonchev–Trinajstić information content (AvgIpc) is 3.36. The number of aliphatic carboxylic acids is 1. The first-order valence-corrected chi connectivity index (χ1v) is 17.2. The number of halogens is 2. The van der Waals surface area contributed by atoms with Crippen LogP contribution in [0, 0.1) is 11.2 Å². The molecule has 0 saturated heterocycles. The second kappa shape index (κ2) is 9.70. The molecule has 1 heterocycles. The third kappa shape index (κ3) is 5.54. The fourth-order valence-electron chi connectivity index (χ4n) is 4.40. The molecule has 0 spiro atoms. The Labute approximate surface area is 226 Å². The first kappa shape index (κ1) is 29.1. The summed E-state index contributed by atoms with van der Waals surface area (Å²) in [5, 5.41) is 10.4. The van der Waals surface area contributed by atoms with Crippen LogP contribution < -0.4 is 0 Å². The highest BCUT2D eigenvalue weighted by atomic mass is 79.9. The number of thioether (sulfide) groups is 1. The van der Waals surface area contributed by atoms with Gasteiger partial charge in [0.25, 0.3) is 0 Å². The topological polar surface area (TPSA) is 88.4 Å². The quantitative estimate of drug-likeness (QED) is 0.212. The number of carboxylic acids is 1. The summed E-state index contributed by atoms with van der Waals surface area (Å²) >= 11 is 4.42. The van der Waals surface area contributed by atoms with Crippen LogP contribution in [0.2, 0.25) is 25.7 Å². The lowest BCUT2D eigenvalue weighted by Crippen LogP contribution is -2.49. The molecule has 1 aliphatic heterocycles. The first-order valence-electron chi connectivity index (χ1n) is 11.9. The van der Waals surface area contributed by atoms with Gasteiger partial charge in [-0.3, -0.25) is 4.79 Å². The predicted molar refractivity (Wildman–Crippen MR) is 147 cm³/mol. The summed E-state index contributed by atoms with van der Waals surface area (Å²) < 4.78 is 26.1. The van der Waals surface area contributed by atoms with Gasteiger partial charge in [0.05, 0.1) is 5.54 Å². The molecule has 1 N–H and O–H groups in total. The van der Waals surface area contributed by atoms with Crippen LogP contribution in [0.5, 0.6) is 0 Å². The third-order valence-corrected chi connectivity index (χ3v) is 10.7. The lowest BCUT2D eigenvalue weighted by atomic mass is 9.76. The van der Waals surface area contributed by atoms with Crippen LogP contribution in [0.15, 0.2) is 27.7 Å². The molecule has 11 heteroatoms. The molecule has 1 aromatic carbocycles. The van der Waals surface area contributed by atoms with Crippen LogP contribution in [0.3, 0.4) is 0 Å². The van der Waals surface area contributed by atoms with Crippen molar-refractivity contribution in [1.82, 2.24) is 4.90 Å². The molecule has 3 rings (SSSR count). The highest BCUT2D eigenvalue weighted by molar-refractivity contribution is 9.10. The van der Waals surface area contributed by atoms with E-state index in [0.29, 0.717) is 11.1 Å². The van der Waals surface area contributed by atoms with Gasteiger partial charge < -0.3 is 14.6 Å². The van der Waals surface area contributed by atoms with Crippen molar-refractivity contribution in [2.45, 2.75) is 82.6 Å². The van der Waals surface area contributed by atoms with Crippen LogP contribution in [0.25, 0.3) is 0 Å². The van der Waals surface area contributed by atoms with Crippen molar-refractivity contribution >= 4 is 53.0 Å². The van der Waals surface area contributed by atoms with Gasteiger partial charge in [-0.1, -0.05) is 54.3 Å². The van der Waals surface area contributed by atoms with Gasteiger partial charge in [0.15, 0.2) is 5.17 Å². The number of hydrogen-bond donors (Lipinski definition) is 1. The molecule has 0 bridgehead atoms. The number of carboxylic acid groups (broad SMARTS) is 1. The molecule has 0 unspecified atom stereocenters. The molecule has 1 saturated carbocycles. The van der Waals surface area contributed by atoms with Crippen molar-refractivity contribution in [1.29, 1.82) is 0 Å². The minimum atomic E-state index is -1.37. The fraction of sp³-hybridized carbons (Fsp3) is 0.640. The van der Waals surface area contributed by atoms with E-state index in [1.807, 2.05) is 6.92 Å². The maximum Gasteiger partial charge on any atom is 0.418 e. The lowest BCUT2D eigenvalue weighted by molar-refractivity contribution is -0.138. The number of hydrogen-bond acceptors (Lipinski definition) is 6. The van der Waals surface area contributed by atoms with Gasteiger partial charge in [0.1, 0.15) is 22.9 Å². The van der Waals surface area contributed by atoms with Crippen molar-refractivity contribution < 1.29 is 28.6 Å². The van der Waals surface area contributed by atoms with E-state index in [0.717, 1.165) is 17.8 Å². The van der Waals surface area contributed by atoms with Gasteiger partial charge in [-0.05, 0) is 58.4 Å². The smallest absolute Gasteiger partial charge is 0.418 e. The standard InChI is InChI=1S/C25H36BrFN2O5SSi/c1-22(2,3)34-21(32)29(15-33-11-12-36(6,7)8)20-28-24(5,17-13-16(26)9-10-18(17)27)23(4)14-25(23,35-20)19(30)31/h9-10,13H,11-12,14-15H2,1-8H3,(H,30,31)/t23-,24-,25+/m0/s1. The first-order chi connectivity index (χ1) is 16.4.